The zero-order chi connectivity index (χ0) is 14.9. The van der Waals surface area contributed by atoms with Crippen molar-refractivity contribution in [2.75, 3.05) is 0 Å². The van der Waals surface area contributed by atoms with Gasteiger partial charge in [0.2, 0.25) is 11.7 Å². The van der Waals surface area contributed by atoms with Crippen molar-refractivity contribution in [3.8, 4) is 11.4 Å². The Morgan fingerprint density at radius 3 is 2.52 bits per heavy atom. The van der Waals surface area contributed by atoms with E-state index in [-0.39, 0.29) is 0 Å². The number of rotatable bonds is 4. The molecule has 2 N–H and O–H groups in total. The molecule has 0 bridgehead atoms. The lowest BCUT2D eigenvalue weighted by molar-refractivity contribution is 0.268. The van der Waals surface area contributed by atoms with E-state index >= 15 is 0 Å². The lowest BCUT2D eigenvalue weighted by atomic mass is 9.94. The first-order chi connectivity index (χ1) is 10.2. The highest BCUT2D eigenvalue weighted by Crippen LogP contribution is 2.30. The molecule has 0 aliphatic heterocycles. The van der Waals surface area contributed by atoms with E-state index in [1.54, 1.807) is 0 Å². The number of aromatic nitrogens is 2. The van der Waals surface area contributed by atoms with Crippen molar-refractivity contribution in [1.82, 2.24) is 10.1 Å². The molecule has 4 nitrogen and oxygen atoms in total. The molecule has 2 aromatic carbocycles. The first-order valence-corrected chi connectivity index (χ1v) is 7.29. The predicted octanol–water partition coefficient (Wildman–Crippen LogP) is 3.86. The van der Waals surface area contributed by atoms with E-state index in [0.717, 1.165) is 29.2 Å². The van der Waals surface area contributed by atoms with Crippen LogP contribution in [0.25, 0.3) is 22.2 Å². The number of fused-ring (bicyclic) bond motifs is 1. The second kappa shape index (κ2) is 5.30. The van der Waals surface area contributed by atoms with E-state index in [0.29, 0.717) is 11.7 Å². The average molecular weight is 281 g/mol. The summed E-state index contributed by atoms with van der Waals surface area (Å²) in [4.78, 5) is 4.54. The molecule has 0 saturated heterocycles. The van der Waals surface area contributed by atoms with Gasteiger partial charge in [-0.3, -0.25) is 0 Å². The van der Waals surface area contributed by atoms with E-state index in [1.807, 2.05) is 38.1 Å². The van der Waals surface area contributed by atoms with Gasteiger partial charge in [-0.15, -0.1) is 0 Å². The third kappa shape index (κ3) is 2.32. The molecule has 3 aromatic rings. The van der Waals surface area contributed by atoms with E-state index in [4.69, 9.17) is 10.3 Å². The smallest absolute Gasteiger partial charge is 0.247 e. The molecule has 3 rings (SSSR count). The monoisotopic (exact) mass is 281 g/mol. The number of hydrogen-bond acceptors (Lipinski definition) is 4. The molecule has 0 unspecified atom stereocenters. The Balaban J connectivity index is 2.11. The standard InChI is InChI=1S/C17H19N3O/c1-3-17(18,4-2)16-19-15(20-21-16)14-11-7-9-12-8-5-6-10-13(12)14/h5-11H,3-4,18H2,1-2H3. The van der Waals surface area contributed by atoms with Crippen LogP contribution in [-0.2, 0) is 5.54 Å². The normalized spacial score (nSPS) is 12.0. The molecule has 0 atom stereocenters. The van der Waals surface area contributed by atoms with E-state index < -0.39 is 5.54 Å². The maximum Gasteiger partial charge on any atom is 0.247 e. The summed E-state index contributed by atoms with van der Waals surface area (Å²) in [6, 6.07) is 14.3. The summed E-state index contributed by atoms with van der Waals surface area (Å²) in [6.45, 7) is 4.07. The van der Waals surface area contributed by atoms with Crippen LogP contribution >= 0.6 is 0 Å². The van der Waals surface area contributed by atoms with E-state index in [9.17, 15) is 0 Å². The molecule has 0 saturated carbocycles. The van der Waals surface area contributed by atoms with Crippen molar-refractivity contribution < 1.29 is 4.52 Å². The predicted molar refractivity (Wildman–Crippen MR) is 83.7 cm³/mol. The summed E-state index contributed by atoms with van der Waals surface area (Å²) in [5, 5.41) is 6.40. The van der Waals surface area contributed by atoms with Gasteiger partial charge in [-0.1, -0.05) is 61.5 Å². The number of nitrogens with zero attached hydrogens (tertiary/aromatic N) is 2. The highest BCUT2D eigenvalue weighted by atomic mass is 16.5. The molecule has 108 valence electrons. The van der Waals surface area contributed by atoms with Crippen molar-refractivity contribution in [2.24, 2.45) is 5.73 Å². The molecule has 0 amide bonds. The summed E-state index contributed by atoms with van der Waals surface area (Å²) in [7, 11) is 0. The van der Waals surface area contributed by atoms with Gasteiger partial charge in [0.05, 0.1) is 5.54 Å². The Morgan fingerprint density at radius 2 is 1.76 bits per heavy atom. The van der Waals surface area contributed by atoms with Crippen LogP contribution in [0.1, 0.15) is 32.6 Å². The van der Waals surface area contributed by atoms with Crippen LogP contribution in [0.4, 0.5) is 0 Å². The van der Waals surface area contributed by atoms with Gasteiger partial charge >= 0.3 is 0 Å². The lowest BCUT2D eigenvalue weighted by Crippen LogP contribution is -2.35. The largest absolute Gasteiger partial charge is 0.337 e. The van der Waals surface area contributed by atoms with Gasteiger partial charge in [-0.05, 0) is 23.6 Å². The van der Waals surface area contributed by atoms with Crippen molar-refractivity contribution >= 4 is 10.8 Å². The molecule has 1 heterocycles. The van der Waals surface area contributed by atoms with Crippen LogP contribution in [0.2, 0.25) is 0 Å². The number of hydrogen-bond donors (Lipinski definition) is 1. The zero-order valence-electron chi connectivity index (χ0n) is 12.3. The molecule has 21 heavy (non-hydrogen) atoms. The summed E-state index contributed by atoms with van der Waals surface area (Å²) in [6.07, 6.45) is 1.53. The van der Waals surface area contributed by atoms with Crippen LogP contribution < -0.4 is 5.73 Å². The fourth-order valence-corrected chi connectivity index (χ4v) is 2.51. The molecular formula is C17H19N3O. The first kappa shape index (κ1) is 13.8. The van der Waals surface area contributed by atoms with Gasteiger partial charge in [0, 0.05) is 5.56 Å². The first-order valence-electron chi connectivity index (χ1n) is 7.29. The Labute approximate surface area is 124 Å². The highest BCUT2D eigenvalue weighted by Gasteiger charge is 2.30. The zero-order valence-corrected chi connectivity index (χ0v) is 12.3. The molecule has 0 radical (unpaired) electrons. The molecule has 0 aliphatic rings. The van der Waals surface area contributed by atoms with Gasteiger partial charge in [0.15, 0.2) is 0 Å². The quantitative estimate of drug-likeness (QED) is 0.788. The molecule has 0 spiro atoms. The van der Waals surface area contributed by atoms with Gasteiger partial charge < -0.3 is 10.3 Å². The molecule has 0 aliphatic carbocycles. The number of benzene rings is 2. The summed E-state index contributed by atoms with van der Waals surface area (Å²) < 4.78 is 5.43. The summed E-state index contributed by atoms with van der Waals surface area (Å²) in [5.41, 5.74) is 6.75. The van der Waals surface area contributed by atoms with Crippen LogP contribution in [0.3, 0.4) is 0 Å². The summed E-state index contributed by atoms with van der Waals surface area (Å²) >= 11 is 0. The third-order valence-electron chi connectivity index (χ3n) is 4.14. The average Bonchev–Trinajstić information content (AvgIpc) is 3.04. The van der Waals surface area contributed by atoms with Gasteiger partial charge in [0.1, 0.15) is 0 Å². The van der Waals surface area contributed by atoms with Crippen molar-refractivity contribution in [1.29, 1.82) is 0 Å². The maximum atomic E-state index is 6.33. The van der Waals surface area contributed by atoms with Crippen LogP contribution in [0, 0.1) is 0 Å². The van der Waals surface area contributed by atoms with Crippen LogP contribution in [-0.4, -0.2) is 10.1 Å². The topological polar surface area (TPSA) is 64.9 Å². The molecule has 4 heteroatoms. The summed E-state index contributed by atoms with van der Waals surface area (Å²) in [5.74, 6) is 1.11. The molecule has 1 aromatic heterocycles. The second-order valence-electron chi connectivity index (χ2n) is 5.31. The van der Waals surface area contributed by atoms with Crippen LogP contribution in [0.15, 0.2) is 47.0 Å². The second-order valence-corrected chi connectivity index (χ2v) is 5.31. The van der Waals surface area contributed by atoms with E-state index in [1.165, 1.54) is 0 Å². The van der Waals surface area contributed by atoms with Crippen molar-refractivity contribution in [2.45, 2.75) is 32.2 Å². The van der Waals surface area contributed by atoms with Crippen molar-refractivity contribution in [3.63, 3.8) is 0 Å². The SMILES string of the molecule is CCC(N)(CC)c1nc(-c2cccc3ccccc23)no1. The maximum absolute atomic E-state index is 6.33. The Hall–Kier alpha value is -2.20. The molecular weight excluding hydrogens is 262 g/mol. The minimum atomic E-state index is -0.546. The minimum Gasteiger partial charge on any atom is -0.337 e. The lowest BCUT2D eigenvalue weighted by Gasteiger charge is -2.20. The Kier molecular flexibility index (Phi) is 3.47. The third-order valence-corrected chi connectivity index (χ3v) is 4.14. The van der Waals surface area contributed by atoms with Gasteiger partial charge in [-0.2, -0.15) is 4.98 Å². The number of nitrogens with two attached hydrogens (primary N) is 1. The Morgan fingerprint density at radius 1 is 1.05 bits per heavy atom. The fraction of sp³-hybridized carbons (Fsp3) is 0.294. The van der Waals surface area contributed by atoms with Gasteiger partial charge in [0.25, 0.3) is 0 Å². The minimum absolute atomic E-state index is 0.510. The Bertz CT molecular complexity index is 754. The van der Waals surface area contributed by atoms with Gasteiger partial charge in [-0.25, -0.2) is 0 Å². The van der Waals surface area contributed by atoms with Crippen molar-refractivity contribution in [3.05, 3.63) is 48.4 Å². The van der Waals surface area contributed by atoms with Crippen LogP contribution in [0.5, 0.6) is 0 Å². The highest BCUT2D eigenvalue weighted by molar-refractivity contribution is 5.94. The molecule has 0 fully saturated rings. The van der Waals surface area contributed by atoms with E-state index in [2.05, 4.69) is 28.3 Å². The fourth-order valence-electron chi connectivity index (χ4n) is 2.51.